The van der Waals surface area contributed by atoms with Gasteiger partial charge in [-0.3, -0.25) is 14.4 Å². The zero-order chi connectivity index (χ0) is 22.0. The van der Waals surface area contributed by atoms with Gasteiger partial charge in [0.15, 0.2) is 5.69 Å². The molecule has 0 radical (unpaired) electrons. The summed E-state index contributed by atoms with van der Waals surface area (Å²) >= 11 is 0. The monoisotopic (exact) mass is 431 g/mol. The molecule has 4 rings (SSSR count). The summed E-state index contributed by atoms with van der Waals surface area (Å²) in [4.78, 5) is 14.8. The number of aromatic nitrogens is 3. The second kappa shape index (κ2) is 8.58. The first-order valence-electron chi connectivity index (χ1n) is 10.1. The van der Waals surface area contributed by atoms with Gasteiger partial charge in [0, 0.05) is 49.8 Å². The van der Waals surface area contributed by atoms with E-state index >= 15 is 0 Å². The normalized spacial score (nSPS) is 16.8. The molecule has 0 spiro atoms. The molecule has 9 heteroatoms. The second-order valence-corrected chi connectivity index (χ2v) is 7.83. The summed E-state index contributed by atoms with van der Waals surface area (Å²) in [5.41, 5.74) is 1.71. The van der Waals surface area contributed by atoms with Gasteiger partial charge in [0.05, 0.1) is 0 Å². The van der Waals surface area contributed by atoms with E-state index in [-0.39, 0.29) is 18.5 Å². The summed E-state index contributed by atoms with van der Waals surface area (Å²) in [5, 5.41) is 6.40. The Balaban J connectivity index is 1.41. The summed E-state index contributed by atoms with van der Waals surface area (Å²) in [6, 6.07) is 15.2. The van der Waals surface area contributed by atoms with Gasteiger partial charge in [-0.25, -0.2) is 0 Å². The van der Waals surface area contributed by atoms with E-state index in [4.69, 9.17) is 0 Å². The molecule has 164 valence electrons. The lowest BCUT2D eigenvalue weighted by Crippen LogP contribution is -2.49. The van der Waals surface area contributed by atoms with Crippen LogP contribution in [0.4, 0.5) is 13.2 Å². The van der Waals surface area contributed by atoms with Crippen LogP contribution >= 0.6 is 0 Å². The van der Waals surface area contributed by atoms with Gasteiger partial charge < -0.3 is 9.88 Å². The molecule has 0 fully saturated rings. The van der Waals surface area contributed by atoms with Crippen molar-refractivity contribution >= 4 is 5.91 Å². The number of aryl methyl sites for hydroxylation is 1. The van der Waals surface area contributed by atoms with Gasteiger partial charge in [-0.2, -0.15) is 18.3 Å². The van der Waals surface area contributed by atoms with Crippen molar-refractivity contribution < 1.29 is 18.0 Å². The Labute approximate surface area is 178 Å². The van der Waals surface area contributed by atoms with Crippen LogP contribution in [0.25, 0.3) is 0 Å². The highest BCUT2D eigenvalue weighted by Crippen LogP contribution is 2.28. The van der Waals surface area contributed by atoms with Crippen LogP contribution in [0.2, 0.25) is 0 Å². The molecule has 1 N–H and O–H groups in total. The van der Waals surface area contributed by atoms with Crippen molar-refractivity contribution in [1.29, 1.82) is 0 Å². The van der Waals surface area contributed by atoms with Crippen LogP contribution in [0, 0.1) is 6.92 Å². The molecule has 31 heavy (non-hydrogen) atoms. The predicted octanol–water partition coefficient (Wildman–Crippen LogP) is 3.21. The molecule has 6 nitrogen and oxygen atoms in total. The summed E-state index contributed by atoms with van der Waals surface area (Å²) in [7, 11) is 0. The van der Waals surface area contributed by atoms with Crippen molar-refractivity contribution in [3.05, 3.63) is 77.4 Å². The molecule has 1 amide bonds. The van der Waals surface area contributed by atoms with Crippen molar-refractivity contribution in [2.45, 2.75) is 45.3 Å². The van der Waals surface area contributed by atoms with E-state index in [1.54, 1.807) is 0 Å². The Morgan fingerprint density at radius 3 is 2.68 bits per heavy atom. The van der Waals surface area contributed by atoms with Crippen LogP contribution < -0.4 is 5.32 Å². The van der Waals surface area contributed by atoms with Crippen molar-refractivity contribution in [3.63, 3.8) is 0 Å². The fourth-order valence-corrected chi connectivity index (χ4v) is 3.88. The van der Waals surface area contributed by atoms with Gasteiger partial charge in [0.25, 0.3) is 0 Å². The Morgan fingerprint density at radius 2 is 1.97 bits per heavy atom. The summed E-state index contributed by atoms with van der Waals surface area (Å²) < 4.78 is 41.8. The third-order valence-electron chi connectivity index (χ3n) is 5.54. The van der Waals surface area contributed by atoms with Gasteiger partial charge in [-0.05, 0) is 30.7 Å². The highest BCUT2D eigenvalue weighted by atomic mass is 19.4. The predicted molar refractivity (Wildman–Crippen MR) is 109 cm³/mol. The number of fused-ring (bicyclic) bond motifs is 1. The molecule has 1 atom stereocenters. The van der Waals surface area contributed by atoms with E-state index in [9.17, 15) is 18.0 Å². The number of halogens is 3. The number of nitrogens with one attached hydrogen (secondary N) is 1. The molecule has 0 bridgehead atoms. The molecule has 1 aromatic carbocycles. The van der Waals surface area contributed by atoms with E-state index in [0.29, 0.717) is 12.2 Å². The molecule has 3 aromatic rings. The SMILES string of the molecule is Cc1cc(C(F)(F)F)nn1CC(=O)NCC1Cn2cccc2CN1Cc1ccccc1. The molecule has 0 saturated heterocycles. The van der Waals surface area contributed by atoms with E-state index < -0.39 is 11.9 Å². The lowest BCUT2D eigenvalue weighted by Gasteiger charge is -2.37. The largest absolute Gasteiger partial charge is 0.435 e. The highest BCUT2D eigenvalue weighted by Gasteiger charge is 2.34. The maximum Gasteiger partial charge on any atom is 0.435 e. The van der Waals surface area contributed by atoms with Crippen molar-refractivity contribution in [2.24, 2.45) is 0 Å². The number of amides is 1. The van der Waals surface area contributed by atoms with Crippen LogP contribution in [0.3, 0.4) is 0 Å². The van der Waals surface area contributed by atoms with Crippen molar-refractivity contribution in [2.75, 3.05) is 6.54 Å². The summed E-state index contributed by atoms with van der Waals surface area (Å²) in [6.45, 7) is 3.90. The number of hydrogen-bond donors (Lipinski definition) is 1. The molecular formula is C22H24F3N5O. The topological polar surface area (TPSA) is 55.1 Å². The first-order chi connectivity index (χ1) is 14.8. The average Bonchev–Trinajstić information content (AvgIpc) is 3.33. The van der Waals surface area contributed by atoms with Gasteiger partial charge >= 0.3 is 6.18 Å². The molecule has 3 heterocycles. The Bertz CT molecular complexity index is 1040. The minimum Gasteiger partial charge on any atom is -0.353 e. The van der Waals surface area contributed by atoms with Gasteiger partial charge in [0.2, 0.25) is 5.91 Å². The van der Waals surface area contributed by atoms with E-state index in [0.717, 1.165) is 30.4 Å². The third kappa shape index (κ3) is 4.99. The fraction of sp³-hybridized carbons (Fsp3) is 0.364. The quantitative estimate of drug-likeness (QED) is 0.652. The molecule has 1 unspecified atom stereocenters. The summed E-state index contributed by atoms with van der Waals surface area (Å²) in [5.74, 6) is -0.363. The van der Waals surface area contributed by atoms with Crippen molar-refractivity contribution in [1.82, 2.24) is 24.6 Å². The lowest BCUT2D eigenvalue weighted by atomic mass is 10.1. The van der Waals surface area contributed by atoms with E-state index in [1.807, 2.05) is 30.5 Å². The standard InChI is InChI=1S/C22H24F3N5O/c1-16-10-20(22(23,24)25)27-30(16)15-21(31)26-11-19-14-28-9-5-8-18(28)13-29(19)12-17-6-3-2-4-7-17/h2-10,19H,11-15H2,1H3,(H,26,31). The van der Waals surface area contributed by atoms with Gasteiger partial charge in [-0.15, -0.1) is 0 Å². The van der Waals surface area contributed by atoms with E-state index in [2.05, 4.69) is 38.1 Å². The second-order valence-electron chi connectivity index (χ2n) is 7.83. The first kappa shape index (κ1) is 21.2. The maximum absolute atomic E-state index is 12.8. The van der Waals surface area contributed by atoms with Crippen molar-refractivity contribution in [3.8, 4) is 0 Å². The van der Waals surface area contributed by atoms with Gasteiger partial charge in [0.1, 0.15) is 6.54 Å². The van der Waals surface area contributed by atoms with Gasteiger partial charge in [-0.1, -0.05) is 30.3 Å². The zero-order valence-electron chi connectivity index (χ0n) is 17.1. The van der Waals surface area contributed by atoms with Crippen LogP contribution in [-0.2, 0) is 37.1 Å². The average molecular weight is 431 g/mol. The van der Waals surface area contributed by atoms with Crippen LogP contribution in [0.1, 0.15) is 22.6 Å². The Kier molecular flexibility index (Phi) is 5.86. The smallest absolute Gasteiger partial charge is 0.353 e. The van der Waals surface area contributed by atoms with Crippen LogP contribution in [0.15, 0.2) is 54.7 Å². The Hall–Kier alpha value is -3.07. The molecular weight excluding hydrogens is 407 g/mol. The van der Waals surface area contributed by atoms with Crippen LogP contribution in [0.5, 0.6) is 0 Å². The first-order valence-corrected chi connectivity index (χ1v) is 10.1. The summed E-state index contributed by atoms with van der Waals surface area (Å²) in [6.07, 6.45) is -2.50. The number of alkyl halides is 3. The van der Waals surface area contributed by atoms with Crippen LogP contribution in [-0.4, -0.2) is 37.7 Å². The minimum atomic E-state index is -4.53. The molecule has 2 aromatic heterocycles. The number of hydrogen-bond acceptors (Lipinski definition) is 3. The molecule has 1 aliphatic heterocycles. The Morgan fingerprint density at radius 1 is 1.19 bits per heavy atom. The fourth-order valence-electron chi connectivity index (χ4n) is 3.88. The molecule has 0 aliphatic carbocycles. The number of benzene rings is 1. The number of rotatable bonds is 6. The zero-order valence-corrected chi connectivity index (χ0v) is 17.1. The number of carbonyl (C=O) groups excluding carboxylic acids is 1. The number of nitrogens with zero attached hydrogens (tertiary/aromatic N) is 4. The van der Waals surface area contributed by atoms with E-state index in [1.165, 1.54) is 18.2 Å². The number of carbonyl (C=O) groups is 1. The molecule has 0 saturated carbocycles. The lowest BCUT2D eigenvalue weighted by molar-refractivity contribution is -0.141. The third-order valence-corrected chi connectivity index (χ3v) is 5.54. The highest BCUT2D eigenvalue weighted by molar-refractivity contribution is 5.75. The maximum atomic E-state index is 12.8. The minimum absolute atomic E-state index is 0.0634. The molecule has 1 aliphatic rings.